The second-order valence-corrected chi connectivity index (χ2v) is 3.45. The van der Waals surface area contributed by atoms with Crippen LogP contribution in [0.4, 0.5) is 20.2 Å². The van der Waals surface area contributed by atoms with Crippen molar-refractivity contribution < 1.29 is 23.0 Å². The Bertz CT molecular complexity index is 439. The van der Waals surface area contributed by atoms with Crippen LogP contribution in [0.2, 0.25) is 0 Å². The van der Waals surface area contributed by atoms with Crippen LogP contribution in [-0.2, 0) is 16.0 Å². The lowest BCUT2D eigenvalue weighted by Gasteiger charge is -2.12. The monoisotopic (exact) mass is 260 g/mol. The standard InChI is InChI=1S/C11H14F2N2O3/c1-2-17-10(16)4-6-3-7(14)8(15)5-9(6)18-11(12)13/h3,5,11H,2,4,14-15H2,1H3. The van der Waals surface area contributed by atoms with Crippen LogP contribution in [0.25, 0.3) is 0 Å². The Hall–Kier alpha value is -2.05. The van der Waals surface area contributed by atoms with Gasteiger partial charge in [-0.1, -0.05) is 0 Å². The zero-order valence-corrected chi connectivity index (χ0v) is 9.78. The van der Waals surface area contributed by atoms with Gasteiger partial charge in [-0.05, 0) is 13.0 Å². The molecule has 0 saturated carbocycles. The first kappa shape index (κ1) is 14.0. The van der Waals surface area contributed by atoms with Crippen molar-refractivity contribution in [3.8, 4) is 5.75 Å². The maximum atomic E-state index is 12.2. The van der Waals surface area contributed by atoms with Crippen molar-refractivity contribution in [3.63, 3.8) is 0 Å². The molecule has 0 unspecified atom stereocenters. The van der Waals surface area contributed by atoms with E-state index in [0.717, 1.165) is 6.07 Å². The van der Waals surface area contributed by atoms with Crippen molar-refractivity contribution in [2.75, 3.05) is 18.1 Å². The summed E-state index contributed by atoms with van der Waals surface area (Å²) in [5, 5.41) is 0. The molecule has 0 atom stereocenters. The van der Waals surface area contributed by atoms with Crippen LogP contribution in [0.3, 0.4) is 0 Å². The number of esters is 1. The summed E-state index contributed by atoms with van der Waals surface area (Å²) >= 11 is 0. The zero-order valence-electron chi connectivity index (χ0n) is 9.78. The number of rotatable bonds is 5. The minimum absolute atomic E-state index is 0.109. The Labute approximate surface area is 103 Å². The molecule has 0 heterocycles. The molecule has 0 aliphatic rings. The van der Waals surface area contributed by atoms with Gasteiger partial charge in [-0.3, -0.25) is 4.79 Å². The second kappa shape index (κ2) is 6.04. The number of benzene rings is 1. The highest BCUT2D eigenvalue weighted by atomic mass is 19.3. The predicted molar refractivity (Wildman–Crippen MR) is 62.2 cm³/mol. The fourth-order valence-electron chi connectivity index (χ4n) is 1.37. The van der Waals surface area contributed by atoms with Gasteiger partial charge in [-0.2, -0.15) is 8.78 Å². The molecule has 18 heavy (non-hydrogen) atoms. The number of alkyl halides is 2. The van der Waals surface area contributed by atoms with E-state index in [1.54, 1.807) is 6.92 Å². The molecule has 0 aromatic heterocycles. The van der Waals surface area contributed by atoms with Crippen LogP contribution in [0.15, 0.2) is 12.1 Å². The molecule has 0 spiro atoms. The molecule has 0 fully saturated rings. The van der Waals surface area contributed by atoms with Crippen LogP contribution in [0.5, 0.6) is 5.75 Å². The van der Waals surface area contributed by atoms with E-state index in [4.69, 9.17) is 16.2 Å². The van der Waals surface area contributed by atoms with Gasteiger partial charge in [0.05, 0.1) is 24.4 Å². The van der Waals surface area contributed by atoms with E-state index < -0.39 is 12.6 Å². The summed E-state index contributed by atoms with van der Waals surface area (Å²) in [6.45, 7) is -1.16. The van der Waals surface area contributed by atoms with Crippen LogP contribution in [0, 0.1) is 0 Å². The van der Waals surface area contributed by atoms with E-state index in [2.05, 4.69) is 4.74 Å². The van der Waals surface area contributed by atoms with E-state index in [0.29, 0.717) is 0 Å². The smallest absolute Gasteiger partial charge is 0.387 e. The zero-order chi connectivity index (χ0) is 13.7. The van der Waals surface area contributed by atoms with Crippen molar-refractivity contribution in [1.29, 1.82) is 0 Å². The number of hydrogen-bond acceptors (Lipinski definition) is 5. The fourth-order valence-corrected chi connectivity index (χ4v) is 1.37. The molecule has 7 heteroatoms. The summed E-state index contributed by atoms with van der Waals surface area (Å²) in [6, 6.07) is 2.49. The number of anilines is 2. The van der Waals surface area contributed by atoms with Gasteiger partial charge >= 0.3 is 12.6 Å². The molecular weight excluding hydrogens is 246 g/mol. The third-order valence-electron chi connectivity index (χ3n) is 2.12. The van der Waals surface area contributed by atoms with Crippen molar-refractivity contribution >= 4 is 17.3 Å². The molecule has 5 nitrogen and oxygen atoms in total. The van der Waals surface area contributed by atoms with E-state index in [-0.39, 0.29) is 35.7 Å². The number of ether oxygens (including phenoxy) is 2. The third-order valence-corrected chi connectivity index (χ3v) is 2.12. The summed E-state index contributed by atoms with van der Waals surface area (Å²) < 4.78 is 33.4. The van der Waals surface area contributed by atoms with Gasteiger partial charge in [-0.25, -0.2) is 0 Å². The van der Waals surface area contributed by atoms with Gasteiger partial charge in [0.2, 0.25) is 0 Å². The molecular formula is C11H14F2N2O3. The Morgan fingerprint density at radius 2 is 1.94 bits per heavy atom. The molecule has 4 N–H and O–H groups in total. The largest absolute Gasteiger partial charge is 0.466 e. The number of hydrogen-bond donors (Lipinski definition) is 2. The Morgan fingerprint density at radius 3 is 2.50 bits per heavy atom. The minimum Gasteiger partial charge on any atom is -0.466 e. The Morgan fingerprint density at radius 1 is 1.33 bits per heavy atom. The summed E-state index contributed by atoms with van der Waals surface area (Å²) in [7, 11) is 0. The highest BCUT2D eigenvalue weighted by Crippen LogP contribution is 2.29. The second-order valence-electron chi connectivity index (χ2n) is 3.45. The maximum absolute atomic E-state index is 12.2. The molecule has 0 aliphatic heterocycles. The van der Waals surface area contributed by atoms with E-state index in [1.165, 1.54) is 6.07 Å². The molecule has 0 saturated heterocycles. The number of nitrogens with two attached hydrogens (primary N) is 2. The average Bonchev–Trinajstić information content (AvgIpc) is 2.25. The third kappa shape index (κ3) is 3.76. The molecule has 0 bridgehead atoms. The van der Waals surface area contributed by atoms with Crippen LogP contribution < -0.4 is 16.2 Å². The highest BCUT2D eigenvalue weighted by Gasteiger charge is 2.15. The lowest BCUT2D eigenvalue weighted by molar-refractivity contribution is -0.142. The lowest BCUT2D eigenvalue weighted by atomic mass is 10.1. The van der Waals surface area contributed by atoms with Gasteiger partial charge in [0.25, 0.3) is 0 Å². The number of nitrogen functional groups attached to an aromatic ring is 2. The number of halogens is 2. The molecule has 0 radical (unpaired) electrons. The van der Waals surface area contributed by atoms with Crippen molar-refractivity contribution in [1.82, 2.24) is 0 Å². The Balaban J connectivity index is 2.99. The summed E-state index contributed by atoms with van der Waals surface area (Å²) in [4.78, 5) is 11.3. The summed E-state index contributed by atoms with van der Waals surface area (Å²) in [5.74, 6) is -0.731. The molecule has 1 aromatic carbocycles. The van der Waals surface area contributed by atoms with Crippen molar-refractivity contribution in [2.24, 2.45) is 0 Å². The van der Waals surface area contributed by atoms with E-state index >= 15 is 0 Å². The van der Waals surface area contributed by atoms with Crippen LogP contribution in [0.1, 0.15) is 12.5 Å². The van der Waals surface area contributed by atoms with Gasteiger partial charge in [0, 0.05) is 11.6 Å². The van der Waals surface area contributed by atoms with Crippen molar-refractivity contribution in [2.45, 2.75) is 20.0 Å². The van der Waals surface area contributed by atoms with Gasteiger partial charge < -0.3 is 20.9 Å². The van der Waals surface area contributed by atoms with E-state index in [9.17, 15) is 13.6 Å². The molecule has 1 rings (SSSR count). The van der Waals surface area contributed by atoms with Gasteiger partial charge in [0.1, 0.15) is 5.75 Å². The Kier molecular flexibility index (Phi) is 4.70. The van der Waals surface area contributed by atoms with Crippen molar-refractivity contribution in [3.05, 3.63) is 17.7 Å². The SMILES string of the molecule is CCOC(=O)Cc1cc(N)c(N)cc1OC(F)F. The summed E-state index contributed by atoms with van der Waals surface area (Å²) in [6.07, 6.45) is -0.208. The first-order valence-corrected chi connectivity index (χ1v) is 5.22. The van der Waals surface area contributed by atoms with Crippen LogP contribution in [-0.4, -0.2) is 19.2 Å². The average molecular weight is 260 g/mol. The topological polar surface area (TPSA) is 87.6 Å². The quantitative estimate of drug-likeness (QED) is 0.619. The highest BCUT2D eigenvalue weighted by molar-refractivity contribution is 5.76. The first-order chi connectivity index (χ1) is 8.43. The fraction of sp³-hybridized carbons (Fsp3) is 0.364. The van der Waals surface area contributed by atoms with Crippen LogP contribution >= 0.6 is 0 Å². The lowest BCUT2D eigenvalue weighted by Crippen LogP contribution is -2.12. The maximum Gasteiger partial charge on any atom is 0.387 e. The molecule has 1 aromatic rings. The van der Waals surface area contributed by atoms with Gasteiger partial charge in [-0.15, -0.1) is 0 Å². The molecule has 0 aliphatic carbocycles. The van der Waals surface area contributed by atoms with E-state index in [1.807, 2.05) is 0 Å². The minimum atomic E-state index is -3.01. The summed E-state index contributed by atoms with van der Waals surface area (Å²) in [5.41, 5.74) is 11.5. The normalized spacial score (nSPS) is 10.4. The number of carbonyl (C=O) groups excluding carboxylic acids is 1. The van der Waals surface area contributed by atoms with Gasteiger partial charge in [0.15, 0.2) is 0 Å². The number of carbonyl (C=O) groups is 1. The molecule has 0 amide bonds. The molecule has 100 valence electrons. The predicted octanol–water partition coefficient (Wildman–Crippen LogP) is 1.56. The first-order valence-electron chi connectivity index (χ1n) is 5.22.